The Morgan fingerprint density at radius 3 is 2.57 bits per heavy atom. The third kappa shape index (κ3) is 5.03. The zero-order valence-electron chi connectivity index (χ0n) is 13.4. The van der Waals surface area contributed by atoms with Crippen LogP contribution in [0.1, 0.15) is 33.3 Å². The average Bonchev–Trinajstić information content (AvgIpc) is 2.86. The molecule has 0 saturated carbocycles. The molecule has 1 unspecified atom stereocenters. The van der Waals surface area contributed by atoms with E-state index in [-0.39, 0.29) is 6.04 Å². The molecule has 0 fully saturated rings. The molecule has 21 heavy (non-hydrogen) atoms. The highest BCUT2D eigenvalue weighted by atomic mass is 32.2. The van der Waals surface area contributed by atoms with E-state index in [1.54, 1.807) is 13.2 Å². The highest BCUT2D eigenvalue weighted by Crippen LogP contribution is 2.25. The van der Waals surface area contributed by atoms with Gasteiger partial charge in [-0.25, -0.2) is 8.42 Å². The average molecular weight is 335 g/mol. The van der Waals surface area contributed by atoms with Gasteiger partial charge in [-0.2, -0.15) is 4.31 Å². The molecule has 0 radical (unpaired) electrons. The summed E-state index contributed by atoms with van der Waals surface area (Å²) < 4.78 is 32.3. The monoisotopic (exact) mass is 334 g/mol. The Morgan fingerprint density at radius 1 is 1.38 bits per heavy atom. The molecule has 0 bridgehead atoms. The first-order valence-corrected chi connectivity index (χ1v) is 9.46. The van der Waals surface area contributed by atoms with Crippen LogP contribution in [0.15, 0.2) is 15.7 Å². The molecule has 0 spiro atoms. The van der Waals surface area contributed by atoms with Crippen LogP contribution in [0.4, 0.5) is 0 Å². The lowest BCUT2D eigenvalue weighted by Crippen LogP contribution is -2.40. The van der Waals surface area contributed by atoms with E-state index in [0.717, 1.165) is 5.56 Å². The third-order valence-electron chi connectivity index (χ3n) is 3.12. The van der Waals surface area contributed by atoms with Crippen LogP contribution in [0.2, 0.25) is 0 Å². The Hall–Kier alpha value is -0.470. The molecule has 1 aromatic rings. The number of likely N-dealkylation sites (N-methyl/N-ethyl adjacent to an activating group) is 1. The molecule has 5 nitrogen and oxygen atoms in total. The Kier molecular flexibility index (Phi) is 7.29. The minimum absolute atomic E-state index is 0.177. The van der Waals surface area contributed by atoms with Crippen LogP contribution in [0.25, 0.3) is 0 Å². The lowest BCUT2D eigenvalue weighted by atomic mass is 10.3. The highest BCUT2D eigenvalue weighted by molar-refractivity contribution is 7.91. The Balaban J connectivity index is 2.90. The van der Waals surface area contributed by atoms with E-state index in [9.17, 15) is 8.42 Å². The second kappa shape index (κ2) is 8.24. The van der Waals surface area contributed by atoms with Gasteiger partial charge >= 0.3 is 0 Å². The number of nitrogens with zero attached hydrogens (tertiary/aromatic N) is 1. The summed E-state index contributed by atoms with van der Waals surface area (Å²) in [7, 11) is -1.87. The van der Waals surface area contributed by atoms with Crippen molar-refractivity contribution >= 4 is 21.4 Å². The maximum Gasteiger partial charge on any atom is 0.252 e. The van der Waals surface area contributed by atoms with Crippen LogP contribution in [0.5, 0.6) is 0 Å². The number of sulfonamides is 1. The fourth-order valence-electron chi connectivity index (χ4n) is 2.06. The van der Waals surface area contributed by atoms with Crippen LogP contribution >= 0.6 is 11.3 Å². The van der Waals surface area contributed by atoms with E-state index in [0.29, 0.717) is 29.9 Å². The largest absolute Gasteiger partial charge is 0.383 e. The molecule has 0 saturated heterocycles. The van der Waals surface area contributed by atoms with Gasteiger partial charge in [0, 0.05) is 32.3 Å². The van der Waals surface area contributed by atoms with Gasteiger partial charge in [-0.05, 0) is 23.9 Å². The molecule has 7 heteroatoms. The summed E-state index contributed by atoms with van der Waals surface area (Å²) in [5.41, 5.74) is 1.00. The molecule has 0 amide bonds. The van der Waals surface area contributed by atoms with Gasteiger partial charge in [0.25, 0.3) is 10.0 Å². The molecular formula is C14H26N2O3S2. The molecule has 0 aliphatic carbocycles. The Morgan fingerprint density at radius 2 is 2.05 bits per heavy atom. The van der Waals surface area contributed by atoms with Crippen molar-refractivity contribution in [1.29, 1.82) is 0 Å². The first kappa shape index (κ1) is 18.6. The van der Waals surface area contributed by atoms with Crippen molar-refractivity contribution in [2.24, 2.45) is 0 Å². The van der Waals surface area contributed by atoms with Crippen LogP contribution in [0.3, 0.4) is 0 Å². The standard InChI is InChI=1S/C14H26N2O3S2/c1-6-16(12(4)9-19-5)21(17,18)14-7-13(10-20-14)8-15-11(2)3/h7,10-12,15H,6,8-9H2,1-5H3. The molecule has 122 valence electrons. The number of hydrogen-bond acceptors (Lipinski definition) is 5. The number of rotatable bonds is 9. The summed E-state index contributed by atoms with van der Waals surface area (Å²) in [6.45, 7) is 9.34. The van der Waals surface area contributed by atoms with E-state index in [1.165, 1.54) is 15.6 Å². The van der Waals surface area contributed by atoms with Crippen molar-refractivity contribution in [3.05, 3.63) is 17.0 Å². The summed E-state index contributed by atoms with van der Waals surface area (Å²) >= 11 is 1.28. The smallest absolute Gasteiger partial charge is 0.252 e. The van der Waals surface area contributed by atoms with Crippen molar-refractivity contribution in [1.82, 2.24) is 9.62 Å². The second-order valence-electron chi connectivity index (χ2n) is 5.32. The number of hydrogen-bond donors (Lipinski definition) is 1. The number of ether oxygens (including phenoxy) is 1. The summed E-state index contributed by atoms with van der Waals surface area (Å²) in [5.74, 6) is 0. The van der Waals surface area contributed by atoms with E-state index in [4.69, 9.17) is 4.74 Å². The molecule has 1 aromatic heterocycles. The molecule has 1 rings (SSSR count). The van der Waals surface area contributed by atoms with Gasteiger partial charge in [0.2, 0.25) is 0 Å². The fourth-order valence-corrected chi connectivity index (χ4v) is 5.02. The molecule has 1 heterocycles. The summed E-state index contributed by atoms with van der Waals surface area (Å²) in [6.07, 6.45) is 0. The molecule has 1 N–H and O–H groups in total. The molecule has 0 aliphatic rings. The van der Waals surface area contributed by atoms with Crippen LogP contribution in [-0.2, 0) is 21.3 Å². The summed E-state index contributed by atoms with van der Waals surface area (Å²) in [5, 5.41) is 5.19. The zero-order valence-corrected chi connectivity index (χ0v) is 15.1. The van der Waals surface area contributed by atoms with Crippen LogP contribution in [0, 0.1) is 0 Å². The molecule has 1 atom stereocenters. The van der Waals surface area contributed by atoms with E-state index < -0.39 is 10.0 Å². The predicted octanol–water partition coefficient (Wildman–Crippen LogP) is 2.29. The number of thiophene rings is 1. The van der Waals surface area contributed by atoms with Gasteiger partial charge in [0.1, 0.15) is 4.21 Å². The Labute approximate surface area is 132 Å². The topological polar surface area (TPSA) is 58.6 Å². The molecule has 0 aliphatic heterocycles. The predicted molar refractivity (Wildman–Crippen MR) is 87.2 cm³/mol. The van der Waals surface area contributed by atoms with Crippen molar-refractivity contribution in [3.8, 4) is 0 Å². The van der Waals surface area contributed by atoms with Crippen molar-refractivity contribution in [3.63, 3.8) is 0 Å². The van der Waals surface area contributed by atoms with Gasteiger partial charge in [-0.3, -0.25) is 0 Å². The SMILES string of the molecule is CCN(C(C)COC)S(=O)(=O)c1cc(CNC(C)C)cs1. The van der Waals surface area contributed by atoms with Crippen LogP contribution < -0.4 is 5.32 Å². The van der Waals surface area contributed by atoms with Crippen LogP contribution in [-0.4, -0.2) is 45.1 Å². The van der Waals surface area contributed by atoms with Crippen molar-refractivity contribution in [2.45, 2.75) is 50.5 Å². The number of methoxy groups -OCH3 is 1. The summed E-state index contributed by atoms with van der Waals surface area (Å²) in [4.78, 5) is 0. The quantitative estimate of drug-likeness (QED) is 0.753. The van der Waals surface area contributed by atoms with Gasteiger partial charge in [-0.1, -0.05) is 20.8 Å². The van der Waals surface area contributed by atoms with E-state index >= 15 is 0 Å². The lowest BCUT2D eigenvalue weighted by Gasteiger charge is -2.25. The number of nitrogens with one attached hydrogen (secondary N) is 1. The maximum atomic E-state index is 12.7. The minimum Gasteiger partial charge on any atom is -0.383 e. The van der Waals surface area contributed by atoms with Crippen molar-refractivity contribution in [2.75, 3.05) is 20.3 Å². The first-order valence-electron chi connectivity index (χ1n) is 7.14. The zero-order chi connectivity index (χ0) is 16.0. The maximum absolute atomic E-state index is 12.7. The normalized spacial score (nSPS) is 14.0. The minimum atomic E-state index is -3.45. The Bertz CT molecular complexity index is 526. The lowest BCUT2D eigenvalue weighted by molar-refractivity contribution is 0.143. The van der Waals surface area contributed by atoms with Gasteiger partial charge in [0.15, 0.2) is 0 Å². The molecular weight excluding hydrogens is 308 g/mol. The fraction of sp³-hybridized carbons (Fsp3) is 0.714. The first-order chi connectivity index (χ1) is 9.82. The van der Waals surface area contributed by atoms with Gasteiger partial charge in [0.05, 0.1) is 6.61 Å². The van der Waals surface area contributed by atoms with E-state index in [2.05, 4.69) is 19.2 Å². The van der Waals surface area contributed by atoms with Gasteiger partial charge < -0.3 is 10.1 Å². The second-order valence-corrected chi connectivity index (χ2v) is 8.35. The highest BCUT2D eigenvalue weighted by Gasteiger charge is 2.29. The third-order valence-corrected chi connectivity index (χ3v) is 6.67. The molecule has 0 aromatic carbocycles. The van der Waals surface area contributed by atoms with Gasteiger partial charge in [-0.15, -0.1) is 11.3 Å². The van der Waals surface area contributed by atoms with E-state index in [1.807, 2.05) is 19.2 Å². The van der Waals surface area contributed by atoms with Crippen molar-refractivity contribution < 1.29 is 13.2 Å². The summed E-state index contributed by atoms with van der Waals surface area (Å²) in [6, 6.07) is 1.96.